The highest BCUT2D eigenvalue weighted by Gasteiger charge is 2.33. The number of nitrogens with zero attached hydrogens (tertiary/aromatic N) is 1. The van der Waals surface area contributed by atoms with Crippen molar-refractivity contribution in [3.05, 3.63) is 29.8 Å². The number of hydrogen-bond acceptors (Lipinski definition) is 4. The largest absolute Gasteiger partial charge is 0.388 e. The second-order valence-corrected chi connectivity index (χ2v) is 4.35. The molecule has 1 aromatic carbocycles. The Hall–Kier alpha value is -2.37. The highest BCUT2D eigenvalue weighted by atomic mass is 16.2. The zero-order valence-corrected chi connectivity index (χ0v) is 10.8. The molecule has 2 N–H and O–H groups in total. The van der Waals surface area contributed by atoms with Crippen molar-refractivity contribution in [1.29, 1.82) is 0 Å². The Morgan fingerprint density at radius 2 is 1.95 bits per heavy atom. The first-order chi connectivity index (χ1) is 9.02. The molecule has 3 amide bonds. The average molecular weight is 261 g/mol. The maximum Gasteiger partial charge on any atom is 0.254 e. The van der Waals surface area contributed by atoms with Gasteiger partial charge in [0.2, 0.25) is 11.8 Å². The molecule has 0 aliphatic carbocycles. The minimum Gasteiger partial charge on any atom is -0.388 e. The van der Waals surface area contributed by atoms with Gasteiger partial charge in [-0.3, -0.25) is 19.7 Å². The van der Waals surface area contributed by atoms with Crippen LogP contribution < -0.4 is 10.6 Å². The fourth-order valence-electron chi connectivity index (χ4n) is 1.91. The average Bonchev–Trinajstić information content (AvgIpc) is 2.42. The van der Waals surface area contributed by atoms with Crippen molar-refractivity contribution in [2.24, 2.45) is 0 Å². The molecule has 1 atom stereocenters. The fraction of sp³-hybridized carbons (Fsp3) is 0.308. The van der Waals surface area contributed by atoms with E-state index in [4.69, 9.17) is 0 Å². The number of hydrogen-bond donors (Lipinski definition) is 2. The number of anilines is 1. The number of nitrogens with one attached hydrogen (secondary N) is 2. The molecule has 6 nitrogen and oxygen atoms in total. The maximum absolute atomic E-state index is 12.3. The Labute approximate surface area is 110 Å². The van der Waals surface area contributed by atoms with Crippen molar-refractivity contribution in [2.45, 2.75) is 13.0 Å². The molecule has 19 heavy (non-hydrogen) atoms. The van der Waals surface area contributed by atoms with Gasteiger partial charge in [0, 0.05) is 18.3 Å². The molecule has 1 saturated heterocycles. The van der Waals surface area contributed by atoms with Crippen molar-refractivity contribution in [1.82, 2.24) is 10.2 Å². The van der Waals surface area contributed by atoms with Gasteiger partial charge in [0.25, 0.3) is 5.91 Å². The predicted molar refractivity (Wildman–Crippen MR) is 69.6 cm³/mol. The molecule has 0 saturated carbocycles. The lowest BCUT2D eigenvalue weighted by Crippen LogP contribution is -2.58. The number of amides is 3. The van der Waals surface area contributed by atoms with E-state index < -0.39 is 17.9 Å². The zero-order valence-electron chi connectivity index (χ0n) is 10.8. The summed E-state index contributed by atoms with van der Waals surface area (Å²) in [5.41, 5.74) is 1.34. The third kappa shape index (κ3) is 2.57. The molecule has 1 fully saturated rings. The normalized spacial score (nSPS) is 19.1. The van der Waals surface area contributed by atoms with Gasteiger partial charge in [-0.15, -0.1) is 0 Å². The molecule has 0 bridgehead atoms. The van der Waals surface area contributed by atoms with Crippen molar-refractivity contribution in [3.63, 3.8) is 0 Å². The van der Waals surface area contributed by atoms with Crippen LogP contribution >= 0.6 is 0 Å². The van der Waals surface area contributed by atoms with Gasteiger partial charge in [0.15, 0.2) is 0 Å². The highest BCUT2D eigenvalue weighted by Crippen LogP contribution is 2.14. The molecular weight excluding hydrogens is 246 g/mol. The molecule has 0 radical (unpaired) electrons. The van der Waals surface area contributed by atoms with Gasteiger partial charge >= 0.3 is 0 Å². The van der Waals surface area contributed by atoms with Crippen LogP contribution in [0, 0.1) is 0 Å². The lowest BCUT2D eigenvalue weighted by atomic mass is 10.1. The topological polar surface area (TPSA) is 78.5 Å². The van der Waals surface area contributed by atoms with Gasteiger partial charge in [0.1, 0.15) is 12.6 Å². The molecule has 100 valence electrons. The van der Waals surface area contributed by atoms with Gasteiger partial charge in [-0.05, 0) is 31.2 Å². The second kappa shape index (κ2) is 5.09. The number of carbonyl (C=O) groups excluding carboxylic acids is 3. The summed E-state index contributed by atoms with van der Waals surface area (Å²) in [6, 6.07) is 6.22. The van der Waals surface area contributed by atoms with Gasteiger partial charge in [-0.2, -0.15) is 0 Å². The minimum absolute atomic E-state index is 0.0977. The molecule has 2 rings (SSSR count). The van der Waals surface area contributed by atoms with Crippen LogP contribution in [0.3, 0.4) is 0 Å². The molecule has 1 unspecified atom stereocenters. The standard InChI is InChI=1S/C13H15N3O3/c1-8-12(18)15-11(17)7-16(8)13(19)9-3-5-10(14-2)6-4-9/h3-6,8,14H,7H2,1-2H3,(H,15,17,18). The van der Waals surface area contributed by atoms with E-state index in [0.717, 1.165) is 5.69 Å². The van der Waals surface area contributed by atoms with Gasteiger partial charge in [-0.1, -0.05) is 0 Å². The van der Waals surface area contributed by atoms with Crippen LogP contribution in [0.5, 0.6) is 0 Å². The molecule has 0 spiro atoms. The molecule has 6 heteroatoms. The number of imide groups is 1. The van der Waals surface area contributed by atoms with E-state index >= 15 is 0 Å². The number of benzene rings is 1. The van der Waals surface area contributed by atoms with Crippen LogP contribution in [0.25, 0.3) is 0 Å². The van der Waals surface area contributed by atoms with Crippen molar-refractivity contribution >= 4 is 23.4 Å². The van der Waals surface area contributed by atoms with Crippen molar-refractivity contribution in [2.75, 3.05) is 18.9 Å². The summed E-state index contributed by atoms with van der Waals surface area (Å²) in [6.45, 7) is 1.50. The Bertz CT molecular complexity index is 524. The Morgan fingerprint density at radius 1 is 1.32 bits per heavy atom. The summed E-state index contributed by atoms with van der Waals surface area (Å²) in [6.07, 6.45) is 0. The van der Waals surface area contributed by atoms with Gasteiger partial charge in [-0.25, -0.2) is 0 Å². The van der Waals surface area contributed by atoms with Crippen LogP contribution in [0.4, 0.5) is 5.69 Å². The van der Waals surface area contributed by atoms with Crippen LogP contribution in [-0.4, -0.2) is 42.3 Å². The summed E-state index contributed by atoms with van der Waals surface area (Å²) in [5.74, 6) is -1.22. The van der Waals surface area contributed by atoms with Gasteiger partial charge in [0.05, 0.1) is 0 Å². The van der Waals surface area contributed by atoms with Crippen molar-refractivity contribution in [3.8, 4) is 0 Å². The van der Waals surface area contributed by atoms with Crippen molar-refractivity contribution < 1.29 is 14.4 Å². The summed E-state index contributed by atoms with van der Waals surface area (Å²) in [7, 11) is 1.78. The van der Waals surface area contributed by atoms with Crippen LogP contribution in [-0.2, 0) is 9.59 Å². The minimum atomic E-state index is -0.644. The quantitative estimate of drug-likeness (QED) is 0.746. The third-order valence-corrected chi connectivity index (χ3v) is 3.10. The van der Waals surface area contributed by atoms with Gasteiger partial charge < -0.3 is 10.2 Å². The van der Waals surface area contributed by atoms with E-state index in [1.54, 1.807) is 38.2 Å². The zero-order chi connectivity index (χ0) is 14.0. The van der Waals surface area contributed by atoms with E-state index in [9.17, 15) is 14.4 Å². The second-order valence-electron chi connectivity index (χ2n) is 4.35. The van der Waals surface area contributed by atoms with Crippen LogP contribution in [0.2, 0.25) is 0 Å². The lowest BCUT2D eigenvalue weighted by molar-refractivity contribution is -0.138. The first kappa shape index (κ1) is 13.1. The first-order valence-electron chi connectivity index (χ1n) is 5.95. The summed E-state index contributed by atoms with van der Waals surface area (Å²) >= 11 is 0. The number of rotatable bonds is 2. The molecule has 0 aromatic heterocycles. The maximum atomic E-state index is 12.3. The van der Waals surface area contributed by atoms with E-state index in [1.165, 1.54) is 4.90 Å². The Kier molecular flexibility index (Phi) is 3.50. The molecule has 1 aromatic rings. The third-order valence-electron chi connectivity index (χ3n) is 3.10. The number of piperazine rings is 1. The monoisotopic (exact) mass is 261 g/mol. The van der Waals surface area contributed by atoms with E-state index in [-0.39, 0.29) is 12.5 Å². The fourth-order valence-corrected chi connectivity index (χ4v) is 1.91. The van der Waals surface area contributed by atoms with E-state index in [1.807, 2.05) is 0 Å². The summed E-state index contributed by atoms with van der Waals surface area (Å²) in [5, 5.41) is 5.15. The smallest absolute Gasteiger partial charge is 0.254 e. The lowest BCUT2D eigenvalue weighted by Gasteiger charge is -2.31. The Balaban J connectivity index is 2.22. The van der Waals surface area contributed by atoms with Crippen LogP contribution in [0.15, 0.2) is 24.3 Å². The molecular formula is C13H15N3O3. The van der Waals surface area contributed by atoms with E-state index in [0.29, 0.717) is 5.56 Å². The van der Waals surface area contributed by atoms with E-state index in [2.05, 4.69) is 10.6 Å². The first-order valence-corrected chi connectivity index (χ1v) is 5.95. The SMILES string of the molecule is CNc1ccc(C(=O)N2CC(=O)NC(=O)C2C)cc1. The highest BCUT2D eigenvalue weighted by molar-refractivity contribution is 6.07. The predicted octanol–water partition coefficient (Wildman–Crippen LogP) is 0.215. The molecule has 1 aliphatic rings. The Morgan fingerprint density at radius 3 is 2.53 bits per heavy atom. The summed E-state index contributed by atoms with van der Waals surface area (Å²) < 4.78 is 0. The molecule has 1 heterocycles. The number of carbonyl (C=O) groups is 3. The summed E-state index contributed by atoms with van der Waals surface area (Å²) in [4.78, 5) is 36.4. The van der Waals surface area contributed by atoms with Crippen LogP contribution in [0.1, 0.15) is 17.3 Å². The molecule has 1 aliphatic heterocycles.